The van der Waals surface area contributed by atoms with Gasteiger partial charge in [-0.3, -0.25) is 4.90 Å². The fraction of sp³-hybridized carbons (Fsp3) is 0.929. The molecule has 3 rings (SSSR count). The topological polar surface area (TPSA) is 54.0 Å². The Morgan fingerprint density at radius 2 is 2.00 bits per heavy atom. The Morgan fingerprint density at radius 3 is 2.85 bits per heavy atom. The minimum absolute atomic E-state index is 0.0819. The number of ether oxygens (including phenoxy) is 2. The molecule has 3 aliphatic rings. The van der Waals surface area contributed by atoms with Gasteiger partial charge in [-0.05, 0) is 19.3 Å². The zero-order chi connectivity index (χ0) is 13.8. The van der Waals surface area contributed by atoms with Crippen LogP contribution in [0, 0.1) is 0 Å². The average molecular weight is 283 g/mol. The van der Waals surface area contributed by atoms with Crippen LogP contribution in [0.4, 0.5) is 4.79 Å². The lowest BCUT2D eigenvalue weighted by Crippen LogP contribution is -2.55. The van der Waals surface area contributed by atoms with Crippen LogP contribution in [0.1, 0.15) is 19.3 Å². The number of fused-ring (bicyclic) bond motifs is 1. The van der Waals surface area contributed by atoms with Crippen LogP contribution in [-0.4, -0.2) is 80.5 Å². The van der Waals surface area contributed by atoms with Crippen molar-refractivity contribution in [3.8, 4) is 0 Å². The van der Waals surface area contributed by atoms with Gasteiger partial charge in [0.15, 0.2) is 0 Å². The van der Waals surface area contributed by atoms with Gasteiger partial charge >= 0.3 is 6.03 Å². The van der Waals surface area contributed by atoms with Crippen molar-refractivity contribution < 1.29 is 14.3 Å². The smallest absolute Gasteiger partial charge is 0.317 e. The van der Waals surface area contributed by atoms with Gasteiger partial charge in [-0.15, -0.1) is 0 Å². The van der Waals surface area contributed by atoms with Crippen LogP contribution < -0.4 is 5.32 Å². The molecular weight excluding hydrogens is 258 g/mol. The van der Waals surface area contributed by atoms with Gasteiger partial charge in [-0.25, -0.2) is 4.79 Å². The van der Waals surface area contributed by atoms with Crippen molar-refractivity contribution in [2.75, 3.05) is 52.5 Å². The summed E-state index contributed by atoms with van der Waals surface area (Å²) in [4.78, 5) is 16.6. The number of amides is 2. The third-order valence-electron chi connectivity index (χ3n) is 4.55. The molecule has 0 aromatic carbocycles. The van der Waals surface area contributed by atoms with E-state index in [9.17, 15) is 4.79 Å². The van der Waals surface area contributed by atoms with Gasteiger partial charge in [0.1, 0.15) is 0 Å². The molecule has 6 nitrogen and oxygen atoms in total. The molecule has 114 valence electrons. The number of hydrogen-bond donors (Lipinski definition) is 1. The molecule has 0 aromatic heterocycles. The number of hydrogen-bond acceptors (Lipinski definition) is 4. The number of urea groups is 1. The molecule has 1 N–H and O–H groups in total. The fourth-order valence-electron chi connectivity index (χ4n) is 3.43. The van der Waals surface area contributed by atoms with Crippen molar-refractivity contribution >= 4 is 6.03 Å². The van der Waals surface area contributed by atoms with Crippen LogP contribution in [0.25, 0.3) is 0 Å². The maximum absolute atomic E-state index is 12.3. The quantitative estimate of drug-likeness (QED) is 0.808. The molecule has 0 aromatic rings. The highest BCUT2D eigenvalue weighted by Gasteiger charge is 2.38. The first-order valence-corrected chi connectivity index (χ1v) is 7.81. The summed E-state index contributed by atoms with van der Waals surface area (Å²) >= 11 is 0. The van der Waals surface area contributed by atoms with E-state index in [0.29, 0.717) is 19.2 Å². The Kier molecular flexibility index (Phi) is 4.75. The van der Waals surface area contributed by atoms with E-state index in [1.54, 1.807) is 0 Å². The lowest BCUT2D eigenvalue weighted by molar-refractivity contribution is -0.0383. The summed E-state index contributed by atoms with van der Waals surface area (Å²) in [5.74, 6) is 0. The largest absolute Gasteiger partial charge is 0.379 e. The highest BCUT2D eigenvalue weighted by Crippen LogP contribution is 2.29. The van der Waals surface area contributed by atoms with E-state index < -0.39 is 0 Å². The van der Waals surface area contributed by atoms with Crippen molar-refractivity contribution in [3.05, 3.63) is 0 Å². The molecule has 2 saturated heterocycles. The Hall–Kier alpha value is -0.850. The van der Waals surface area contributed by atoms with Crippen molar-refractivity contribution in [1.29, 1.82) is 0 Å². The first-order valence-electron chi connectivity index (χ1n) is 7.81. The van der Waals surface area contributed by atoms with Gasteiger partial charge in [-0.2, -0.15) is 0 Å². The third kappa shape index (κ3) is 3.24. The van der Waals surface area contributed by atoms with E-state index >= 15 is 0 Å². The summed E-state index contributed by atoms with van der Waals surface area (Å²) in [6, 6.07) is 0.380. The highest BCUT2D eigenvalue weighted by atomic mass is 16.5. The van der Waals surface area contributed by atoms with Gasteiger partial charge in [0, 0.05) is 32.7 Å². The standard InChI is InChI=1S/C14H25N3O3/c18-14(15-4-5-16-6-9-19-10-7-16)17-8-11-20-13-3-1-2-12(13)17/h12-13H,1-11H2,(H,15,18)/t12-,13-/m1/s1. The van der Waals surface area contributed by atoms with Gasteiger partial charge < -0.3 is 19.7 Å². The molecular formula is C14H25N3O3. The molecule has 3 fully saturated rings. The summed E-state index contributed by atoms with van der Waals surface area (Å²) < 4.78 is 11.1. The Labute approximate surface area is 120 Å². The maximum atomic E-state index is 12.3. The molecule has 2 atom stereocenters. The fourth-order valence-corrected chi connectivity index (χ4v) is 3.43. The van der Waals surface area contributed by atoms with Crippen LogP contribution in [0.3, 0.4) is 0 Å². The van der Waals surface area contributed by atoms with Crippen molar-refractivity contribution in [2.24, 2.45) is 0 Å². The van der Waals surface area contributed by atoms with Gasteiger partial charge in [0.05, 0.1) is 32.0 Å². The molecule has 6 heteroatoms. The Bertz CT molecular complexity index is 334. The van der Waals surface area contributed by atoms with Crippen LogP contribution in [-0.2, 0) is 9.47 Å². The normalized spacial score (nSPS) is 31.1. The minimum atomic E-state index is 0.0819. The average Bonchev–Trinajstić information content (AvgIpc) is 2.96. The predicted octanol–water partition coefficient (Wildman–Crippen LogP) is 0.282. The second kappa shape index (κ2) is 6.74. The molecule has 1 aliphatic carbocycles. The summed E-state index contributed by atoms with van der Waals surface area (Å²) in [6.45, 7) is 6.59. The summed E-state index contributed by atoms with van der Waals surface area (Å²) in [7, 11) is 0. The molecule has 0 bridgehead atoms. The number of carbonyl (C=O) groups is 1. The van der Waals surface area contributed by atoms with Crippen LogP contribution >= 0.6 is 0 Å². The minimum Gasteiger partial charge on any atom is -0.379 e. The van der Waals surface area contributed by atoms with E-state index in [1.807, 2.05) is 4.90 Å². The number of nitrogens with zero attached hydrogens (tertiary/aromatic N) is 2. The molecule has 1 saturated carbocycles. The zero-order valence-corrected chi connectivity index (χ0v) is 12.1. The lowest BCUT2D eigenvalue weighted by Gasteiger charge is -2.37. The lowest BCUT2D eigenvalue weighted by atomic mass is 10.1. The van der Waals surface area contributed by atoms with E-state index in [2.05, 4.69) is 10.2 Å². The van der Waals surface area contributed by atoms with E-state index in [-0.39, 0.29) is 12.1 Å². The summed E-state index contributed by atoms with van der Waals surface area (Å²) in [6.07, 6.45) is 3.63. The van der Waals surface area contributed by atoms with Crippen LogP contribution in [0.2, 0.25) is 0 Å². The van der Waals surface area contributed by atoms with E-state index in [4.69, 9.17) is 9.47 Å². The molecule has 0 radical (unpaired) electrons. The van der Waals surface area contributed by atoms with E-state index in [0.717, 1.165) is 52.2 Å². The van der Waals surface area contributed by atoms with Gasteiger partial charge in [0.25, 0.3) is 0 Å². The molecule has 2 aliphatic heterocycles. The summed E-state index contributed by atoms with van der Waals surface area (Å²) in [5.41, 5.74) is 0. The second-order valence-corrected chi connectivity index (χ2v) is 5.79. The monoisotopic (exact) mass is 283 g/mol. The molecule has 2 amide bonds. The second-order valence-electron chi connectivity index (χ2n) is 5.79. The first kappa shape index (κ1) is 14.1. The number of morpholine rings is 2. The number of rotatable bonds is 3. The van der Waals surface area contributed by atoms with Crippen LogP contribution in [0.15, 0.2) is 0 Å². The molecule has 0 spiro atoms. The SMILES string of the molecule is O=C(NCCN1CCOCC1)N1CCO[C@@H]2CCC[C@H]21. The number of carbonyl (C=O) groups excluding carboxylic acids is 1. The van der Waals surface area contributed by atoms with Gasteiger partial charge in [-0.1, -0.05) is 0 Å². The zero-order valence-electron chi connectivity index (χ0n) is 12.1. The molecule has 20 heavy (non-hydrogen) atoms. The molecule has 2 heterocycles. The first-order chi connectivity index (χ1) is 9.84. The molecule has 0 unspecified atom stereocenters. The summed E-state index contributed by atoms with van der Waals surface area (Å²) in [5, 5.41) is 3.06. The Morgan fingerprint density at radius 1 is 1.15 bits per heavy atom. The Balaban J connectivity index is 1.41. The number of nitrogens with one attached hydrogen (secondary N) is 1. The van der Waals surface area contributed by atoms with Crippen molar-refractivity contribution in [3.63, 3.8) is 0 Å². The van der Waals surface area contributed by atoms with Gasteiger partial charge in [0.2, 0.25) is 0 Å². The van der Waals surface area contributed by atoms with Crippen molar-refractivity contribution in [2.45, 2.75) is 31.4 Å². The van der Waals surface area contributed by atoms with E-state index in [1.165, 1.54) is 6.42 Å². The highest BCUT2D eigenvalue weighted by molar-refractivity contribution is 5.74. The third-order valence-corrected chi connectivity index (χ3v) is 4.55. The maximum Gasteiger partial charge on any atom is 0.317 e. The van der Waals surface area contributed by atoms with Crippen LogP contribution in [0.5, 0.6) is 0 Å². The predicted molar refractivity (Wildman–Crippen MR) is 74.7 cm³/mol. The van der Waals surface area contributed by atoms with Crippen molar-refractivity contribution in [1.82, 2.24) is 15.1 Å².